The Labute approximate surface area is 198 Å². The average molecular weight is 491 g/mol. The molecule has 10 heteroatoms. The van der Waals surface area contributed by atoms with Crippen LogP contribution in [-0.2, 0) is 0 Å². The number of nitrogens with one attached hydrogen (secondary N) is 2. The Morgan fingerprint density at radius 2 is 1.65 bits per heavy atom. The molecule has 0 saturated carbocycles. The number of carbonyl (C=O) groups is 2. The van der Waals surface area contributed by atoms with Gasteiger partial charge in [0.05, 0.1) is 20.5 Å². The number of anilines is 2. The van der Waals surface area contributed by atoms with Gasteiger partial charge in [-0.25, -0.2) is 0 Å². The number of rotatable bonds is 4. The Balaban J connectivity index is 1.33. The summed E-state index contributed by atoms with van der Waals surface area (Å²) in [6.45, 7) is 2.70. The van der Waals surface area contributed by atoms with Gasteiger partial charge in [-0.2, -0.15) is 0 Å². The quantitative estimate of drug-likeness (QED) is 0.525. The molecule has 1 aliphatic heterocycles. The first-order chi connectivity index (χ1) is 15.0. The number of nitrogens with zero attached hydrogens (tertiary/aromatic N) is 2. The highest BCUT2D eigenvalue weighted by Gasteiger charge is 2.24. The number of carbonyl (C=O) groups excluding carboxylic acids is 2. The van der Waals surface area contributed by atoms with E-state index >= 15 is 0 Å². The van der Waals surface area contributed by atoms with Crippen molar-refractivity contribution in [3.05, 3.63) is 68.0 Å². The number of thiophene rings is 2. The van der Waals surface area contributed by atoms with Gasteiger partial charge >= 0.3 is 0 Å². The molecule has 31 heavy (non-hydrogen) atoms. The zero-order chi connectivity index (χ0) is 21.8. The number of amides is 2. The molecule has 0 spiro atoms. The molecule has 0 atom stereocenters. The molecule has 0 aliphatic carbocycles. The number of hydrogen-bond donors (Lipinski definition) is 2. The molecule has 4 rings (SSSR count). The number of halogens is 1. The lowest BCUT2D eigenvalue weighted by atomic mass is 10.2. The Morgan fingerprint density at radius 3 is 2.26 bits per heavy atom. The zero-order valence-corrected chi connectivity index (χ0v) is 19.5. The van der Waals surface area contributed by atoms with E-state index < -0.39 is 0 Å². The van der Waals surface area contributed by atoms with E-state index in [-0.39, 0.29) is 16.9 Å². The van der Waals surface area contributed by atoms with Crippen molar-refractivity contribution in [2.45, 2.75) is 0 Å². The second-order valence-corrected chi connectivity index (χ2v) is 9.52. The fraction of sp³-hybridized carbons (Fsp3) is 0.190. The number of hydrogen-bond acceptors (Lipinski definition) is 6. The summed E-state index contributed by atoms with van der Waals surface area (Å²) in [6, 6.07) is 12.9. The summed E-state index contributed by atoms with van der Waals surface area (Å²) in [5.74, 6) is -0.163. The lowest BCUT2D eigenvalue weighted by Gasteiger charge is -2.36. The van der Waals surface area contributed by atoms with Gasteiger partial charge < -0.3 is 15.1 Å². The Morgan fingerprint density at radius 1 is 0.968 bits per heavy atom. The summed E-state index contributed by atoms with van der Waals surface area (Å²) in [4.78, 5) is 30.0. The summed E-state index contributed by atoms with van der Waals surface area (Å²) in [7, 11) is 0. The van der Waals surface area contributed by atoms with E-state index in [4.69, 9.17) is 23.8 Å². The standard InChI is InChI=1S/C21H19ClN4O2S3/c22-15-13-14(23-21(29)24-19(27)17-3-1-11-30-17)5-6-16(15)25-7-9-26(10-8-25)20(28)18-4-2-12-31-18/h1-6,11-13H,7-10H2,(H2,23,24,27,29). The highest BCUT2D eigenvalue weighted by molar-refractivity contribution is 7.80. The van der Waals surface area contributed by atoms with Crippen molar-refractivity contribution in [2.24, 2.45) is 0 Å². The van der Waals surface area contributed by atoms with Crippen LogP contribution in [0.25, 0.3) is 0 Å². The first-order valence-electron chi connectivity index (χ1n) is 9.54. The number of piperazine rings is 1. The Bertz CT molecular complexity index is 1080. The monoisotopic (exact) mass is 490 g/mol. The van der Waals surface area contributed by atoms with Gasteiger partial charge in [0.2, 0.25) is 0 Å². The molecule has 2 aromatic heterocycles. The topological polar surface area (TPSA) is 64.7 Å². The van der Waals surface area contributed by atoms with Crippen molar-refractivity contribution < 1.29 is 9.59 Å². The van der Waals surface area contributed by atoms with Gasteiger partial charge in [0.1, 0.15) is 0 Å². The summed E-state index contributed by atoms with van der Waals surface area (Å²) in [5.41, 5.74) is 1.60. The van der Waals surface area contributed by atoms with Crippen LogP contribution in [0.15, 0.2) is 53.2 Å². The molecule has 3 aromatic rings. The van der Waals surface area contributed by atoms with Crippen molar-refractivity contribution in [3.8, 4) is 0 Å². The lowest BCUT2D eigenvalue weighted by molar-refractivity contribution is 0.0751. The van der Waals surface area contributed by atoms with E-state index in [1.54, 1.807) is 12.1 Å². The molecular weight excluding hydrogens is 472 g/mol. The molecule has 2 amide bonds. The van der Waals surface area contributed by atoms with E-state index in [1.165, 1.54) is 22.7 Å². The molecule has 3 heterocycles. The second kappa shape index (κ2) is 9.78. The van der Waals surface area contributed by atoms with Gasteiger partial charge in [-0.1, -0.05) is 23.7 Å². The minimum absolute atomic E-state index is 0.0819. The van der Waals surface area contributed by atoms with Crippen LogP contribution in [0, 0.1) is 0 Å². The minimum Gasteiger partial charge on any atom is -0.367 e. The number of thiocarbonyl (C=S) groups is 1. The van der Waals surface area contributed by atoms with Crippen LogP contribution in [0.4, 0.5) is 11.4 Å². The van der Waals surface area contributed by atoms with Gasteiger partial charge in [-0.15, -0.1) is 22.7 Å². The predicted molar refractivity (Wildman–Crippen MR) is 132 cm³/mol. The highest BCUT2D eigenvalue weighted by Crippen LogP contribution is 2.30. The zero-order valence-electron chi connectivity index (χ0n) is 16.3. The normalized spacial score (nSPS) is 13.7. The van der Waals surface area contributed by atoms with E-state index in [1.807, 2.05) is 46.0 Å². The van der Waals surface area contributed by atoms with E-state index in [0.717, 1.165) is 10.6 Å². The van der Waals surface area contributed by atoms with Crippen LogP contribution in [0.5, 0.6) is 0 Å². The molecule has 0 radical (unpaired) electrons. The van der Waals surface area contributed by atoms with Crippen LogP contribution in [0.2, 0.25) is 5.02 Å². The molecule has 0 unspecified atom stereocenters. The van der Waals surface area contributed by atoms with Crippen LogP contribution >= 0.6 is 46.5 Å². The smallest absolute Gasteiger partial charge is 0.267 e. The third-order valence-electron chi connectivity index (χ3n) is 4.82. The molecular formula is C21H19ClN4O2S3. The van der Waals surface area contributed by atoms with Crippen molar-refractivity contribution in [2.75, 3.05) is 36.4 Å². The SMILES string of the molecule is O=C(NC(=S)Nc1ccc(N2CCN(C(=O)c3cccs3)CC2)c(Cl)c1)c1cccs1. The van der Waals surface area contributed by atoms with Gasteiger partial charge in [-0.05, 0) is 53.3 Å². The van der Waals surface area contributed by atoms with Crippen molar-refractivity contribution in [1.82, 2.24) is 10.2 Å². The Hall–Kier alpha value is -2.46. The molecule has 2 N–H and O–H groups in total. The first kappa shape index (κ1) is 21.8. The molecule has 1 saturated heterocycles. The molecule has 6 nitrogen and oxygen atoms in total. The average Bonchev–Trinajstić information content (AvgIpc) is 3.48. The predicted octanol–water partition coefficient (Wildman–Crippen LogP) is 4.55. The first-order valence-corrected chi connectivity index (χ1v) is 12.1. The van der Waals surface area contributed by atoms with Gasteiger partial charge in [0.15, 0.2) is 5.11 Å². The van der Waals surface area contributed by atoms with Crippen molar-refractivity contribution in [3.63, 3.8) is 0 Å². The maximum Gasteiger partial charge on any atom is 0.267 e. The van der Waals surface area contributed by atoms with Crippen LogP contribution in [0.1, 0.15) is 19.3 Å². The maximum atomic E-state index is 12.5. The number of benzene rings is 1. The lowest BCUT2D eigenvalue weighted by Crippen LogP contribution is -2.48. The maximum absolute atomic E-state index is 12.5. The van der Waals surface area contributed by atoms with Crippen LogP contribution in [-0.4, -0.2) is 48.0 Å². The molecule has 1 aliphatic rings. The molecule has 160 valence electrons. The highest BCUT2D eigenvalue weighted by atomic mass is 35.5. The molecule has 1 aromatic carbocycles. The van der Waals surface area contributed by atoms with Gasteiger partial charge in [-0.3, -0.25) is 14.9 Å². The van der Waals surface area contributed by atoms with Crippen molar-refractivity contribution >= 4 is 74.8 Å². The van der Waals surface area contributed by atoms with E-state index in [9.17, 15) is 9.59 Å². The second-order valence-electron chi connectivity index (χ2n) is 6.81. The van der Waals surface area contributed by atoms with Crippen LogP contribution < -0.4 is 15.5 Å². The summed E-state index contributed by atoms with van der Waals surface area (Å²) < 4.78 is 0. The van der Waals surface area contributed by atoms with Crippen LogP contribution in [0.3, 0.4) is 0 Å². The minimum atomic E-state index is -0.245. The third kappa shape index (κ3) is 5.24. The fourth-order valence-electron chi connectivity index (χ4n) is 3.28. The van der Waals surface area contributed by atoms with Gasteiger partial charge in [0.25, 0.3) is 11.8 Å². The largest absolute Gasteiger partial charge is 0.367 e. The third-order valence-corrected chi connectivity index (χ3v) is 7.05. The van der Waals surface area contributed by atoms with E-state index in [0.29, 0.717) is 41.8 Å². The fourth-order valence-corrected chi connectivity index (χ4v) is 5.10. The summed E-state index contributed by atoms with van der Waals surface area (Å²) >= 11 is 14.6. The molecule has 0 bridgehead atoms. The van der Waals surface area contributed by atoms with E-state index in [2.05, 4.69) is 15.5 Å². The van der Waals surface area contributed by atoms with Crippen molar-refractivity contribution in [1.29, 1.82) is 0 Å². The Kier molecular flexibility index (Phi) is 6.86. The molecule has 1 fully saturated rings. The van der Waals surface area contributed by atoms with Gasteiger partial charge in [0, 0.05) is 31.9 Å². The summed E-state index contributed by atoms with van der Waals surface area (Å²) in [6.07, 6.45) is 0. The summed E-state index contributed by atoms with van der Waals surface area (Å²) in [5, 5.41) is 10.2.